The molecule has 0 spiro atoms. The van der Waals surface area contributed by atoms with E-state index in [1.54, 1.807) is 25.2 Å². The molecule has 0 amide bonds. The van der Waals surface area contributed by atoms with E-state index in [-0.39, 0.29) is 41.4 Å². The molecule has 0 bridgehead atoms. The molecule has 0 aromatic heterocycles. The Labute approximate surface area is 163 Å². The zero-order valence-corrected chi connectivity index (χ0v) is 16.5. The van der Waals surface area contributed by atoms with Gasteiger partial charge in [-0.05, 0) is 42.3 Å². The molecule has 2 aromatic rings. The van der Waals surface area contributed by atoms with Gasteiger partial charge in [-0.15, -0.1) is 24.0 Å². The lowest BCUT2D eigenvalue weighted by Gasteiger charge is -2.13. The number of halogens is 3. The topological polar surface area (TPSA) is 45.6 Å². The Bertz CT molecular complexity index is 710. The van der Waals surface area contributed by atoms with Crippen LogP contribution < -0.4 is 15.4 Å². The smallest absolute Gasteiger partial charge is 0.191 e. The third-order valence-electron chi connectivity index (χ3n) is 3.33. The monoisotopic (exact) mass is 461 g/mol. The van der Waals surface area contributed by atoms with Gasteiger partial charge in [0, 0.05) is 20.1 Å². The van der Waals surface area contributed by atoms with Gasteiger partial charge in [0.15, 0.2) is 17.5 Å². The van der Waals surface area contributed by atoms with E-state index < -0.39 is 0 Å². The van der Waals surface area contributed by atoms with Gasteiger partial charge in [0.25, 0.3) is 0 Å². The van der Waals surface area contributed by atoms with Gasteiger partial charge in [-0.1, -0.05) is 18.2 Å². The largest absolute Gasteiger partial charge is 0.491 e. The quantitative estimate of drug-likeness (QED) is 0.391. The Balaban J connectivity index is 0.00000312. The number of nitrogens with zero attached hydrogens (tertiary/aromatic N) is 1. The lowest BCUT2D eigenvalue weighted by Crippen LogP contribution is -2.36. The molecule has 0 unspecified atom stereocenters. The molecule has 0 saturated heterocycles. The first-order valence-corrected chi connectivity index (χ1v) is 7.72. The van der Waals surface area contributed by atoms with Crippen LogP contribution in [0, 0.1) is 11.6 Å². The number of ether oxygens (including phenoxy) is 1. The van der Waals surface area contributed by atoms with Gasteiger partial charge in [0.1, 0.15) is 5.82 Å². The van der Waals surface area contributed by atoms with Gasteiger partial charge >= 0.3 is 0 Å². The highest BCUT2D eigenvalue weighted by Gasteiger charge is 2.05. The van der Waals surface area contributed by atoms with Gasteiger partial charge in [-0.3, -0.25) is 4.99 Å². The highest BCUT2D eigenvalue weighted by molar-refractivity contribution is 14.0. The fourth-order valence-electron chi connectivity index (χ4n) is 2.17. The molecule has 0 saturated carbocycles. The molecular formula is C18H22F2IN3O. The summed E-state index contributed by atoms with van der Waals surface area (Å²) in [6.07, 6.45) is 0. The second kappa shape index (κ2) is 10.9. The van der Waals surface area contributed by atoms with Crippen LogP contribution in [0.1, 0.15) is 18.1 Å². The lowest BCUT2D eigenvalue weighted by molar-refractivity contribution is 0.321. The predicted octanol–water partition coefficient (Wildman–Crippen LogP) is 3.85. The minimum Gasteiger partial charge on any atom is -0.491 e. The van der Waals surface area contributed by atoms with Gasteiger partial charge in [0.05, 0.1) is 6.61 Å². The van der Waals surface area contributed by atoms with Crippen molar-refractivity contribution < 1.29 is 13.5 Å². The SMILES string of the molecule is CCOc1ccc(CNC(=NC)NCc2cccc(F)c2)cc1F.I. The molecular weight excluding hydrogens is 439 g/mol. The zero-order valence-electron chi connectivity index (χ0n) is 14.2. The van der Waals surface area contributed by atoms with Crippen LogP contribution in [0.3, 0.4) is 0 Å². The third-order valence-corrected chi connectivity index (χ3v) is 3.33. The van der Waals surface area contributed by atoms with Crippen molar-refractivity contribution >= 4 is 29.9 Å². The van der Waals surface area contributed by atoms with Crippen LogP contribution in [0.25, 0.3) is 0 Å². The molecule has 0 fully saturated rings. The standard InChI is InChI=1S/C18H21F2N3O.HI/c1-3-24-17-8-7-14(10-16(17)20)12-23-18(21-2)22-11-13-5-4-6-15(19)9-13;/h4-10H,3,11-12H2,1-2H3,(H2,21,22,23);1H. The van der Waals surface area contributed by atoms with Crippen molar-refractivity contribution in [1.29, 1.82) is 0 Å². The summed E-state index contributed by atoms with van der Waals surface area (Å²) in [5, 5.41) is 6.17. The van der Waals surface area contributed by atoms with E-state index >= 15 is 0 Å². The summed E-state index contributed by atoms with van der Waals surface area (Å²) in [7, 11) is 1.64. The Hall–Kier alpha value is -1.90. The van der Waals surface area contributed by atoms with Gasteiger partial charge in [0.2, 0.25) is 0 Å². The van der Waals surface area contributed by atoms with Gasteiger partial charge < -0.3 is 15.4 Å². The van der Waals surface area contributed by atoms with E-state index in [1.165, 1.54) is 18.2 Å². The highest BCUT2D eigenvalue weighted by Crippen LogP contribution is 2.18. The van der Waals surface area contributed by atoms with Crippen LogP contribution >= 0.6 is 24.0 Å². The van der Waals surface area contributed by atoms with Crippen molar-refractivity contribution in [3.05, 3.63) is 65.2 Å². The zero-order chi connectivity index (χ0) is 17.4. The number of rotatable bonds is 6. The summed E-state index contributed by atoms with van der Waals surface area (Å²) in [5.41, 5.74) is 1.58. The first kappa shape index (κ1) is 21.1. The van der Waals surface area contributed by atoms with Crippen LogP contribution in [0.5, 0.6) is 5.75 Å². The second-order valence-corrected chi connectivity index (χ2v) is 5.11. The molecule has 0 atom stereocenters. The number of benzene rings is 2. The number of aliphatic imine (C=N–C) groups is 1. The number of guanidine groups is 1. The summed E-state index contributed by atoms with van der Waals surface area (Å²) in [5.74, 6) is 0.129. The molecule has 0 aliphatic rings. The minimum atomic E-state index is -0.390. The molecule has 136 valence electrons. The van der Waals surface area contributed by atoms with E-state index in [1.807, 2.05) is 13.0 Å². The molecule has 25 heavy (non-hydrogen) atoms. The fourth-order valence-corrected chi connectivity index (χ4v) is 2.17. The molecule has 2 aromatic carbocycles. The summed E-state index contributed by atoms with van der Waals surface area (Å²) in [4.78, 5) is 4.09. The van der Waals surface area contributed by atoms with Gasteiger partial charge in [-0.25, -0.2) is 8.78 Å². The van der Waals surface area contributed by atoms with Gasteiger partial charge in [-0.2, -0.15) is 0 Å². The Morgan fingerprint density at radius 2 is 1.72 bits per heavy atom. The number of hydrogen-bond acceptors (Lipinski definition) is 2. The van der Waals surface area contributed by atoms with Crippen molar-refractivity contribution in [2.45, 2.75) is 20.0 Å². The van der Waals surface area contributed by atoms with Crippen molar-refractivity contribution in [3.63, 3.8) is 0 Å². The van der Waals surface area contributed by atoms with Crippen LogP contribution in [0.2, 0.25) is 0 Å². The first-order valence-electron chi connectivity index (χ1n) is 7.72. The molecule has 0 aliphatic carbocycles. The van der Waals surface area contributed by atoms with Crippen molar-refractivity contribution in [1.82, 2.24) is 10.6 Å². The predicted molar refractivity (Wildman–Crippen MR) is 106 cm³/mol. The molecule has 2 N–H and O–H groups in total. The maximum atomic E-state index is 13.8. The molecule has 2 rings (SSSR count). The van der Waals surface area contributed by atoms with Crippen molar-refractivity contribution in [3.8, 4) is 5.75 Å². The Kier molecular flexibility index (Phi) is 9.18. The van der Waals surface area contributed by atoms with E-state index in [9.17, 15) is 8.78 Å². The van der Waals surface area contributed by atoms with E-state index in [4.69, 9.17) is 4.74 Å². The second-order valence-electron chi connectivity index (χ2n) is 5.11. The lowest BCUT2D eigenvalue weighted by atomic mass is 10.2. The fraction of sp³-hybridized carbons (Fsp3) is 0.278. The highest BCUT2D eigenvalue weighted by atomic mass is 127. The normalized spacial score (nSPS) is 10.8. The molecule has 7 heteroatoms. The van der Waals surface area contributed by atoms with Crippen LogP contribution in [-0.4, -0.2) is 19.6 Å². The number of hydrogen-bond donors (Lipinski definition) is 2. The Morgan fingerprint density at radius 1 is 1.04 bits per heavy atom. The van der Waals surface area contributed by atoms with E-state index in [2.05, 4.69) is 15.6 Å². The number of nitrogens with one attached hydrogen (secondary N) is 2. The average Bonchev–Trinajstić information content (AvgIpc) is 2.57. The summed E-state index contributed by atoms with van der Waals surface area (Å²) < 4.78 is 32.1. The third kappa shape index (κ3) is 6.85. The summed E-state index contributed by atoms with van der Waals surface area (Å²) >= 11 is 0. The minimum absolute atomic E-state index is 0. The van der Waals surface area contributed by atoms with Crippen LogP contribution in [0.15, 0.2) is 47.5 Å². The van der Waals surface area contributed by atoms with Crippen molar-refractivity contribution in [2.75, 3.05) is 13.7 Å². The first-order chi connectivity index (χ1) is 11.6. The molecule has 0 heterocycles. The van der Waals surface area contributed by atoms with Crippen molar-refractivity contribution in [2.24, 2.45) is 4.99 Å². The summed E-state index contributed by atoms with van der Waals surface area (Å²) in [6, 6.07) is 11.2. The summed E-state index contributed by atoms with van der Waals surface area (Å²) in [6.45, 7) is 3.08. The maximum absolute atomic E-state index is 13.8. The van der Waals surface area contributed by atoms with Crippen LogP contribution in [0.4, 0.5) is 8.78 Å². The average molecular weight is 461 g/mol. The maximum Gasteiger partial charge on any atom is 0.191 e. The molecule has 0 radical (unpaired) electrons. The van der Waals surface area contributed by atoms with Crippen LogP contribution in [-0.2, 0) is 13.1 Å². The molecule has 4 nitrogen and oxygen atoms in total. The Morgan fingerprint density at radius 3 is 2.28 bits per heavy atom. The van der Waals surface area contributed by atoms with E-state index in [0.717, 1.165) is 11.1 Å². The van der Waals surface area contributed by atoms with E-state index in [0.29, 0.717) is 25.7 Å². The molecule has 0 aliphatic heterocycles.